The summed E-state index contributed by atoms with van der Waals surface area (Å²) in [6.45, 7) is 0. The van der Waals surface area contributed by atoms with Gasteiger partial charge in [-0.1, -0.05) is 6.07 Å². The molecule has 0 unspecified atom stereocenters. The minimum atomic E-state index is -0.285. The van der Waals surface area contributed by atoms with E-state index in [0.29, 0.717) is 5.69 Å². The van der Waals surface area contributed by atoms with Gasteiger partial charge in [0.2, 0.25) is 0 Å². The van der Waals surface area contributed by atoms with E-state index >= 15 is 0 Å². The predicted molar refractivity (Wildman–Crippen MR) is 95.4 cm³/mol. The first kappa shape index (κ1) is 16.5. The predicted octanol–water partition coefficient (Wildman–Crippen LogP) is 4.10. The number of nitrogens with one attached hydrogen (secondary N) is 1. The van der Waals surface area contributed by atoms with E-state index in [-0.39, 0.29) is 22.4 Å². The minimum Gasteiger partial charge on any atom is -0.506 e. The number of hydrogen-bond donors (Lipinski definition) is 2. The van der Waals surface area contributed by atoms with Crippen molar-refractivity contribution in [2.45, 2.75) is 43.9 Å². The van der Waals surface area contributed by atoms with Crippen molar-refractivity contribution in [3.8, 4) is 24.0 Å². The van der Waals surface area contributed by atoms with Crippen LogP contribution in [0.15, 0.2) is 29.5 Å². The Kier molecular flexibility index (Phi) is 3.86. The molecule has 1 aromatic rings. The second-order valence-corrected chi connectivity index (χ2v) is 8.14. The molecule has 5 heteroatoms. The van der Waals surface area contributed by atoms with Crippen molar-refractivity contribution in [3.05, 3.63) is 35.0 Å². The Labute approximate surface area is 153 Å². The maximum absolute atomic E-state index is 10.2. The molecule has 0 radical (unpaired) electrons. The Morgan fingerprint density at radius 3 is 2.04 bits per heavy atom. The van der Waals surface area contributed by atoms with Crippen molar-refractivity contribution in [1.82, 2.24) is 0 Å². The first-order valence-electron chi connectivity index (χ1n) is 9.12. The van der Waals surface area contributed by atoms with Gasteiger partial charge in [0, 0.05) is 0 Å². The lowest BCUT2D eigenvalue weighted by atomic mass is 9.48. The Bertz CT molecular complexity index is 858. The molecule has 1 aromatic carbocycles. The van der Waals surface area contributed by atoms with Gasteiger partial charge in [0.15, 0.2) is 5.57 Å². The lowest BCUT2D eigenvalue weighted by molar-refractivity contribution is -0.00517. The van der Waals surface area contributed by atoms with E-state index in [4.69, 9.17) is 10.5 Å². The van der Waals surface area contributed by atoms with Crippen LogP contribution in [0.3, 0.4) is 0 Å². The number of aromatic hydroxyl groups is 1. The van der Waals surface area contributed by atoms with Crippen LogP contribution in [0.4, 0.5) is 5.69 Å². The third kappa shape index (κ3) is 2.59. The summed E-state index contributed by atoms with van der Waals surface area (Å²) < 4.78 is 0. The summed E-state index contributed by atoms with van der Waals surface area (Å²) in [6, 6.07) is 10.8. The second kappa shape index (κ2) is 6.08. The molecule has 4 aliphatic carbocycles. The number of phenols is 1. The van der Waals surface area contributed by atoms with Crippen molar-refractivity contribution in [2.24, 2.45) is 17.8 Å². The maximum atomic E-state index is 10.2. The Morgan fingerprint density at radius 1 is 0.962 bits per heavy atom. The first-order valence-corrected chi connectivity index (χ1v) is 9.12. The molecule has 4 fully saturated rings. The van der Waals surface area contributed by atoms with Gasteiger partial charge in [-0.3, -0.25) is 0 Å². The molecule has 0 aliphatic heterocycles. The molecule has 0 aromatic heterocycles. The zero-order chi connectivity index (χ0) is 18.3. The second-order valence-electron chi connectivity index (χ2n) is 8.14. The Hall–Kier alpha value is -2.97. The molecule has 2 N–H and O–H groups in total. The van der Waals surface area contributed by atoms with Crippen LogP contribution in [0, 0.1) is 51.7 Å². The lowest BCUT2D eigenvalue weighted by Gasteiger charge is -2.57. The zero-order valence-corrected chi connectivity index (χ0v) is 14.5. The number of phenolic OH excluding ortho intramolecular Hbond substituents is 1. The standard InChI is InChI=1S/C21H20N4O/c22-10-16(11-23)19(12-24)25-18-6-17(1-2-20(18)26)21-7-13-3-14(8-21)5-15(4-13)9-21/h1-2,6,13-15,25-26H,3-5,7-9H2. The van der Waals surface area contributed by atoms with Crippen LogP contribution in [0.25, 0.3) is 0 Å². The van der Waals surface area contributed by atoms with Crippen molar-refractivity contribution in [3.63, 3.8) is 0 Å². The van der Waals surface area contributed by atoms with Gasteiger partial charge in [-0.05, 0) is 79.4 Å². The van der Waals surface area contributed by atoms with Gasteiger partial charge in [-0.25, -0.2) is 0 Å². The third-order valence-corrected chi connectivity index (χ3v) is 6.49. The van der Waals surface area contributed by atoms with Gasteiger partial charge < -0.3 is 10.4 Å². The molecular weight excluding hydrogens is 324 g/mol. The summed E-state index contributed by atoms with van der Waals surface area (Å²) in [5.74, 6) is 2.45. The zero-order valence-electron chi connectivity index (χ0n) is 14.5. The van der Waals surface area contributed by atoms with Crippen molar-refractivity contribution < 1.29 is 5.11 Å². The molecule has 0 amide bonds. The molecule has 0 saturated heterocycles. The van der Waals surface area contributed by atoms with Crippen LogP contribution < -0.4 is 5.32 Å². The summed E-state index contributed by atoms with van der Waals surface area (Å²) in [5.41, 5.74) is 1.34. The fourth-order valence-electron chi connectivity index (χ4n) is 5.85. The molecule has 26 heavy (non-hydrogen) atoms. The van der Waals surface area contributed by atoms with E-state index in [9.17, 15) is 10.4 Å². The largest absolute Gasteiger partial charge is 0.506 e. The van der Waals surface area contributed by atoms with Gasteiger partial charge >= 0.3 is 0 Å². The normalized spacial score (nSPS) is 30.7. The molecule has 130 valence electrons. The van der Waals surface area contributed by atoms with E-state index in [0.717, 1.165) is 17.8 Å². The summed E-state index contributed by atoms with van der Waals surface area (Å²) in [5, 5.41) is 40.3. The third-order valence-electron chi connectivity index (χ3n) is 6.49. The molecule has 5 rings (SSSR count). The van der Waals surface area contributed by atoms with E-state index in [1.54, 1.807) is 18.2 Å². The highest BCUT2D eigenvalue weighted by atomic mass is 16.3. The van der Waals surface area contributed by atoms with E-state index in [1.165, 1.54) is 44.1 Å². The van der Waals surface area contributed by atoms with Gasteiger partial charge in [0.25, 0.3) is 0 Å². The Morgan fingerprint density at radius 2 is 1.54 bits per heavy atom. The average molecular weight is 344 g/mol. The van der Waals surface area contributed by atoms with Crippen LogP contribution in [0.2, 0.25) is 0 Å². The van der Waals surface area contributed by atoms with Crippen molar-refractivity contribution in [1.29, 1.82) is 15.8 Å². The highest BCUT2D eigenvalue weighted by Gasteiger charge is 2.51. The number of benzene rings is 1. The van der Waals surface area contributed by atoms with E-state index in [2.05, 4.69) is 5.32 Å². The molecule has 5 nitrogen and oxygen atoms in total. The summed E-state index contributed by atoms with van der Waals surface area (Å²) in [7, 11) is 0. The number of nitrogens with zero attached hydrogens (tertiary/aromatic N) is 3. The van der Waals surface area contributed by atoms with Crippen LogP contribution in [-0.2, 0) is 5.41 Å². The molecule has 4 aliphatic rings. The van der Waals surface area contributed by atoms with Crippen LogP contribution in [0.5, 0.6) is 5.75 Å². The maximum Gasteiger partial charge on any atom is 0.163 e. The fraction of sp³-hybridized carbons (Fsp3) is 0.476. The van der Waals surface area contributed by atoms with Gasteiger partial charge in [-0.2, -0.15) is 15.8 Å². The van der Waals surface area contributed by atoms with Crippen LogP contribution in [0.1, 0.15) is 44.1 Å². The van der Waals surface area contributed by atoms with Crippen LogP contribution >= 0.6 is 0 Å². The number of rotatable bonds is 3. The summed E-state index contributed by atoms with van der Waals surface area (Å²) in [4.78, 5) is 0. The molecule has 4 bridgehead atoms. The monoisotopic (exact) mass is 344 g/mol. The SMILES string of the molecule is N#CC(C#N)=C(C#N)Nc1cc(C23CC4CC(CC(C4)C2)C3)ccc1O. The molecule has 4 saturated carbocycles. The van der Waals surface area contributed by atoms with E-state index in [1.807, 2.05) is 18.2 Å². The first-order chi connectivity index (χ1) is 12.6. The highest BCUT2D eigenvalue weighted by molar-refractivity contribution is 5.65. The van der Waals surface area contributed by atoms with Crippen molar-refractivity contribution >= 4 is 5.69 Å². The quantitative estimate of drug-likeness (QED) is 0.634. The van der Waals surface area contributed by atoms with E-state index < -0.39 is 0 Å². The van der Waals surface area contributed by atoms with Gasteiger partial charge in [0.05, 0.1) is 5.69 Å². The van der Waals surface area contributed by atoms with Gasteiger partial charge in [0.1, 0.15) is 29.7 Å². The summed E-state index contributed by atoms with van der Waals surface area (Å²) >= 11 is 0. The van der Waals surface area contributed by atoms with Crippen molar-refractivity contribution in [2.75, 3.05) is 5.32 Å². The molecular formula is C21H20N4O. The van der Waals surface area contributed by atoms with Gasteiger partial charge in [-0.15, -0.1) is 0 Å². The molecule has 0 spiro atoms. The number of hydrogen-bond acceptors (Lipinski definition) is 5. The fourth-order valence-corrected chi connectivity index (χ4v) is 5.85. The highest BCUT2D eigenvalue weighted by Crippen LogP contribution is 2.61. The smallest absolute Gasteiger partial charge is 0.163 e. The lowest BCUT2D eigenvalue weighted by Crippen LogP contribution is -2.48. The minimum absolute atomic E-state index is 0.0152. The number of allylic oxidation sites excluding steroid dienone is 2. The molecule has 0 atom stereocenters. The summed E-state index contributed by atoms with van der Waals surface area (Å²) in [6.07, 6.45) is 7.68. The number of nitriles is 3. The van der Waals surface area contributed by atoms with Crippen LogP contribution in [-0.4, -0.2) is 5.11 Å². The topological polar surface area (TPSA) is 104 Å². The molecule has 0 heterocycles. The average Bonchev–Trinajstić information content (AvgIpc) is 2.62. The number of anilines is 1. The Balaban J connectivity index is 1.70.